The number of ether oxygens (including phenoxy) is 3. The summed E-state index contributed by atoms with van der Waals surface area (Å²) in [7, 11) is 4.82. The number of benzene rings is 2. The number of halogens is 2. The second kappa shape index (κ2) is 9.90. The number of carboxylic acid groups (broad SMARTS) is 1. The Morgan fingerprint density at radius 2 is 1.63 bits per heavy atom. The molecule has 0 bridgehead atoms. The quantitative estimate of drug-likeness (QED) is 0.578. The molecule has 0 saturated carbocycles. The maximum absolute atomic E-state index is 11.4. The molecule has 1 aliphatic heterocycles. The second-order valence-corrected chi connectivity index (χ2v) is 8.46. The smallest absolute Gasteiger partial charge is 0.306 e. The van der Waals surface area contributed by atoms with E-state index in [2.05, 4.69) is 20.8 Å². The van der Waals surface area contributed by atoms with Gasteiger partial charge in [-0.3, -0.25) is 9.69 Å². The topological polar surface area (TPSA) is 68.2 Å². The lowest BCUT2D eigenvalue weighted by atomic mass is 9.90. The summed E-state index contributed by atoms with van der Waals surface area (Å²) in [6.07, 6.45) is 1.17. The number of piperidine rings is 1. The first kappa shape index (κ1) is 22.7. The van der Waals surface area contributed by atoms with E-state index in [-0.39, 0.29) is 12.0 Å². The van der Waals surface area contributed by atoms with Crippen molar-refractivity contribution in [2.24, 2.45) is 5.92 Å². The zero-order valence-corrected chi connectivity index (χ0v) is 19.5. The number of likely N-dealkylation sites (tertiary alicyclic amines) is 1. The van der Waals surface area contributed by atoms with Crippen LogP contribution in [0.5, 0.6) is 17.2 Å². The Bertz CT molecular complexity index is 915. The highest BCUT2D eigenvalue weighted by Crippen LogP contribution is 2.44. The molecule has 3 rings (SSSR count). The third-order valence-corrected chi connectivity index (χ3v) is 6.45. The maximum Gasteiger partial charge on any atom is 0.306 e. The second-order valence-electron chi connectivity index (χ2n) is 7.17. The summed E-state index contributed by atoms with van der Waals surface area (Å²) in [4.78, 5) is 13.7. The SMILES string of the molecule is COc1cc(Br)c(C(c2cc(Cl)ccc2OC)N2CCC(C(=O)O)CC2)cc1OC. The number of carbonyl (C=O) groups is 1. The standard InChI is InChI=1S/C22H25BrClNO5/c1-28-18-5-4-14(24)10-16(18)21(25-8-6-13(7-9-25)22(26)27)15-11-19(29-2)20(30-3)12-17(15)23/h4-5,10-13,21H,6-9H2,1-3H3,(H,26,27). The first-order valence-electron chi connectivity index (χ1n) is 9.61. The third-order valence-electron chi connectivity index (χ3n) is 5.53. The molecule has 2 aromatic carbocycles. The van der Waals surface area contributed by atoms with Crippen molar-refractivity contribution in [3.8, 4) is 17.2 Å². The zero-order valence-electron chi connectivity index (χ0n) is 17.2. The van der Waals surface area contributed by atoms with Gasteiger partial charge in [0.25, 0.3) is 0 Å². The van der Waals surface area contributed by atoms with E-state index < -0.39 is 5.97 Å². The number of methoxy groups -OCH3 is 3. The number of hydrogen-bond donors (Lipinski definition) is 1. The van der Waals surface area contributed by atoms with Crippen molar-refractivity contribution in [2.75, 3.05) is 34.4 Å². The molecule has 30 heavy (non-hydrogen) atoms. The molecule has 162 valence electrons. The molecule has 0 amide bonds. The normalized spacial score (nSPS) is 16.2. The number of hydrogen-bond acceptors (Lipinski definition) is 5. The molecule has 0 spiro atoms. The van der Waals surface area contributed by atoms with Crippen molar-refractivity contribution < 1.29 is 24.1 Å². The van der Waals surface area contributed by atoms with Gasteiger partial charge in [0.1, 0.15) is 5.75 Å². The van der Waals surface area contributed by atoms with Gasteiger partial charge in [-0.25, -0.2) is 0 Å². The van der Waals surface area contributed by atoms with Crippen LogP contribution in [0.2, 0.25) is 5.02 Å². The Labute approximate surface area is 189 Å². The van der Waals surface area contributed by atoms with Crippen LogP contribution in [-0.4, -0.2) is 50.4 Å². The van der Waals surface area contributed by atoms with E-state index in [0.717, 1.165) is 15.6 Å². The fraction of sp³-hybridized carbons (Fsp3) is 0.409. The van der Waals surface area contributed by atoms with Gasteiger partial charge in [-0.05, 0) is 61.8 Å². The van der Waals surface area contributed by atoms with Crippen molar-refractivity contribution in [3.63, 3.8) is 0 Å². The Balaban J connectivity index is 2.12. The van der Waals surface area contributed by atoms with Crippen LogP contribution in [0, 0.1) is 5.92 Å². The Kier molecular flexibility index (Phi) is 7.50. The van der Waals surface area contributed by atoms with E-state index in [1.54, 1.807) is 27.4 Å². The van der Waals surface area contributed by atoms with Crippen molar-refractivity contribution >= 4 is 33.5 Å². The molecule has 1 aliphatic rings. The summed E-state index contributed by atoms with van der Waals surface area (Å²) < 4.78 is 17.5. The van der Waals surface area contributed by atoms with Crippen molar-refractivity contribution in [1.29, 1.82) is 0 Å². The van der Waals surface area contributed by atoms with E-state index in [9.17, 15) is 9.90 Å². The average Bonchev–Trinajstić information content (AvgIpc) is 2.75. The average molecular weight is 499 g/mol. The molecule has 1 fully saturated rings. The van der Waals surface area contributed by atoms with Crippen LogP contribution < -0.4 is 14.2 Å². The lowest BCUT2D eigenvalue weighted by Crippen LogP contribution is -2.39. The number of rotatable bonds is 7. The summed E-state index contributed by atoms with van der Waals surface area (Å²) in [6.45, 7) is 1.27. The molecule has 1 heterocycles. The van der Waals surface area contributed by atoms with Gasteiger partial charge in [0, 0.05) is 15.1 Å². The molecule has 0 aliphatic carbocycles. The summed E-state index contributed by atoms with van der Waals surface area (Å²) in [5.41, 5.74) is 1.87. The lowest BCUT2D eigenvalue weighted by Gasteiger charge is -2.38. The molecule has 0 aromatic heterocycles. The fourth-order valence-corrected chi connectivity index (χ4v) is 4.68. The van der Waals surface area contributed by atoms with Crippen LogP contribution >= 0.6 is 27.5 Å². The van der Waals surface area contributed by atoms with Crippen LogP contribution in [0.15, 0.2) is 34.8 Å². The Morgan fingerprint density at radius 3 is 2.20 bits per heavy atom. The van der Waals surface area contributed by atoms with Crippen molar-refractivity contribution in [1.82, 2.24) is 4.90 Å². The van der Waals surface area contributed by atoms with Crippen LogP contribution in [0.1, 0.15) is 30.0 Å². The zero-order chi connectivity index (χ0) is 21.8. The molecule has 8 heteroatoms. The Morgan fingerprint density at radius 1 is 1.03 bits per heavy atom. The number of carboxylic acids is 1. The molecule has 1 atom stereocenters. The predicted octanol–water partition coefficient (Wildman–Crippen LogP) is 5.01. The molecule has 0 radical (unpaired) electrons. The molecule has 1 N–H and O–H groups in total. The van der Waals surface area contributed by atoms with Crippen LogP contribution in [0.4, 0.5) is 0 Å². The van der Waals surface area contributed by atoms with Crippen LogP contribution in [0.25, 0.3) is 0 Å². The fourth-order valence-electron chi connectivity index (χ4n) is 3.96. The van der Waals surface area contributed by atoms with E-state index >= 15 is 0 Å². The molecule has 1 saturated heterocycles. The highest BCUT2D eigenvalue weighted by molar-refractivity contribution is 9.10. The van der Waals surface area contributed by atoms with E-state index in [4.69, 9.17) is 25.8 Å². The largest absolute Gasteiger partial charge is 0.496 e. The summed E-state index contributed by atoms with van der Waals surface area (Å²) >= 11 is 10.0. The van der Waals surface area contributed by atoms with E-state index in [1.165, 1.54) is 0 Å². The third kappa shape index (κ3) is 4.68. The maximum atomic E-state index is 11.4. The summed E-state index contributed by atoms with van der Waals surface area (Å²) in [6, 6.07) is 9.16. The molecular weight excluding hydrogens is 474 g/mol. The van der Waals surface area contributed by atoms with Crippen molar-refractivity contribution in [2.45, 2.75) is 18.9 Å². The van der Waals surface area contributed by atoms with Crippen LogP contribution in [-0.2, 0) is 4.79 Å². The first-order valence-corrected chi connectivity index (χ1v) is 10.8. The molecule has 2 aromatic rings. The lowest BCUT2D eigenvalue weighted by molar-refractivity contribution is -0.143. The molecule has 1 unspecified atom stereocenters. The minimum absolute atomic E-state index is 0.206. The van der Waals surface area contributed by atoms with Gasteiger partial charge in [0.15, 0.2) is 11.5 Å². The van der Waals surface area contributed by atoms with Crippen molar-refractivity contribution in [3.05, 3.63) is 51.0 Å². The van der Waals surface area contributed by atoms with Crippen LogP contribution in [0.3, 0.4) is 0 Å². The van der Waals surface area contributed by atoms with Gasteiger partial charge < -0.3 is 19.3 Å². The summed E-state index contributed by atoms with van der Waals surface area (Å²) in [5, 5.41) is 10.00. The van der Waals surface area contributed by atoms with Gasteiger partial charge in [-0.2, -0.15) is 0 Å². The monoisotopic (exact) mass is 497 g/mol. The van der Waals surface area contributed by atoms with Gasteiger partial charge in [-0.15, -0.1) is 0 Å². The van der Waals surface area contributed by atoms with Gasteiger partial charge in [0.05, 0.1) is 33.3 Å². The summed E-state index contributed by atoms with van der Waals surface area (Å²) in [5.74, 6) is 0.888. The minimum Gasteiger partial charge on any atom is -0.496 e. The molecular formula is C22H25BrClNO5. The number of nitrogens with zero attached hydrogens (tertiary/aromatic N) is 1. The van der Waals surface area contributed by atoms with E-state index in [1.807, 2.05) is 24.3 Å². The van der Waals surface area contributed by atoms with Gasteiger partial charge in [0.2, 0.25) is 0 Å². The van der Waals surface area contributed by atoms with E-state index in [0.29, 0.717) is 48.2 Å². The highest BCUT2D eigenvalue weighted by Gasteiger charge is 2.33. The minimum atomic E-state index is -0.737. The number of aliphatic carboxylic acids is 1. The molecule has 6 nitrogen and oxygen atoms in total. The Hall–Kier alpha value is -1.96. The first-order chi connectivity index (χ1) is 14.4. The van der Waals surface area contributed by atoms with Gasteiger partial charge >= 0.3 is 5.97 Å². The predicted molar refractivity (Wildman–Crippen MR) is 119 cm³/mol. The highest BCUT2D eigenvalue weighted by atomic mass is 79.9. The van der Waals surface area contributed by atoms with Gasteiger partial charge in [-0.1, -0.05) is 27.5 Å².